The maximum absolute atomic E-state index is 11.4. The Morgan fingerprint density at radius 1 is 0.917 bits per heavy atom. The molecular formula is C28H44O8. The monoisotopic (exact) mass is 508 g/mol. The van der Waals surface area contributed by atoms with Gasteiger partial charge in [-0.05, 0) is 63.7 Å². The van der Waals surface area contributed by atoms with Gasteiger partial charge in [0.2, 0.25) is 0 Å². The van der Waals surface area contributed by atoms with Crippen LogP contribution in [0.2, 0.25) is 0 Å². The van der Waals surface area contributed by atoms with Crippen LogP contribution in [0.1, 0.15) is 77.6 Å². The number of carbonyl (C=O) groups is 2. The van der Waals surface area contributed by atoms with Gasteiger partial charge >= 0.3 is 11.9 Å². The summed E-state index contributed by atoms with van der Waals surface area (Å²) in [5.74, 6) is -0.187. The molecule has 0 spiro atoms. The number of hydrogen-bond donors (Lipinski definition) is 0. The van der Waals surface area contributed by atoms with Crippen molar-refractivity contribution in [1.29, 1.82) is 0 Å². The van der Waals surface area contributed by atoms with E-state index < -0.39 is 0 Å². The van der Waals surface area contributed by atoms with Crippen molar-refractivity contribution in [2.24, 2.45) is 11.8 Å². The molecule has 0 amide bonds. The minimum atomic E-state index is -0.295. The lowest BCUT2D eigenvalue weighted by molar-refractivity contribution is -0.203. The molecule has 0 bridgehead atoms. The molecule has 2 heterocycles. The Labute approximate surface area is 215 Å². The van der Waals surface area contributed by atoms with Crippen LogP contribution in [0.5, 0.6) is 0 Å². The highest BCUT2D eigenvalue weighted by molar-refractivity contribution is 5.69. The predicted octanol–water partition coefficient (Wildman–Crippen LogP) is 4.86. The van der Waals surface area contributed by atoms with Gasteiger partial charge in [0, 0.05) is 38.9 Å². The Morgan fingerprint density at radius 3 is 2.22 bits per heavy atom. The second kappa shape index (κ2) is 16.2. The first-order valence-electron chi connectivity index (χ1n) is 13.6. The fourth-order valence-corrected chi connectivity index (χ4v) is 5.21. The second-order valence-electron chi connectivity index (χ2n) is 9.82. The molecular weight excluding hydrogens is 464 g/mol. The normalized spacial score (nSPS) is 31.2. The molecule has 8 heteroatoms. The molecule has 3 rings (SSSR count). The molecule has 3 aliphatic rings. The summed E-state index contributed by atoms with van der Waals surface area (Å²) >= 11 is 0. The maximum Gasteiger partial charge on any atom is 0.305 e. The van der Waals surface area contributed by atoms with E-state index in [0.717, 1.165) is 77.4 Å². The zero-order chi connectivity index (χ0) is 25.6. The minimum absolute atomic E-state index is 0.00946. The zero-order valence-corrected chi connectivity index (χ0v) is 21.9. The van der Waals surface area contributed by atoms with E-state index in [1.54, 1.807) is 0 Å². The van der Waals surface area contributed by atoms with Crippen LogP contribution in [0.4, 0.5) is 0 Å². The van der Waals surface area contributed by atoms with E-state index >= 15 is 0 Å². The first-order chi connectivity index (χ1) is 17.6. The van der Waals surface area contributed by atoms with Crippen molar-refractivity contribution in [1.82, 2.24) is 0 Å². The highest BCUT2D eigenvalue weighted by Gasteiger charge is 2.45. The lowest BCUT2D eigenvalue weighted by Crippen LogP contribution is -2.31. The largest absolute Gasteiger partial charge is 0.469 e. The Morgan fingerprint density at radius 2 is 1.61 bits per heavy atom. The summed E-state index contributed by atoms with van der Waals surface area (Å²) in [6.07, 6.45) is 17.7. The lowest BCUT2D eigenvalue weighted by Gasteiger charge is -2.30. The highest BCUT2D eigenvalue weighted by Crippen LogP contribution is 2.42. The topological polar surface area (TPSA) is 89.5 Å². The van der Waals surface area contributed by atoms with Crippen molar-refractivity contribution in [2.45, 2.75) is 102 Å². The van der Waals surface area contributed by atoms with Gasteiger partial charge in [0.15, 0.2) is 12.6 Å². The van der Waals surface area contributed by atoms with E-state index in [1.807, 2.05) is 6.08 Å². The molecule has 0 aromatic heterocycles. The fraction of sp³-hybridized carbons (Fsp3) is 0.786. The van der Waals surface area contributed by atoms with E-state index in [4.69, 9.17) is 28.4 Å². The first kappa shape index (κ1) is 28.8. The van der Waals surface area contributed by atoms with E-state index in [9.17, 15) is 9.59 Å². The van der Waals surface area contributed by atoms with Crippen molar-refractivity contribution in [3.63, 3.8) is 0 Å². The van der Waals surface area contributed by atoms with Gasteiger partial charge in [0.1, 0.15) is 6.61 Å². The third-order valence-corrected chi connectivity index (χ3v) is 7.09. The minimum Gasteiger partial charge on any atom is -0.469 e. The average molecular weight is 509 g/mol. The van der Waals surface area contributed by atoms with E-state index in [-0.39, 0.29) is 55.2 Å². The van der Waals surface area contributed by atoms with Gasteiger partial charge in [-0.25, -0.2) is 0 Å². The van der Waals surface area contributed by atoms with Crippen molar-refractivity contribution in [3.05, 3.63) is 24.3 Å². The number of allylic oxidation sites excluding steroid dienone is 2. The zero-order valence-electron chi connectivity index (χ0n) is 21.9. The molecule has 0 aromatic carbocycles. The third-order valence-electron chi connectivity index (χ3n) is 7.09. The summed E-state index contributed by atoms with van der Waals surface area (Å²) in [6.45, 7) is 3.13. The van der Waals surface area contributed by atoms with Crippen molar-refractivity contribution >= 4 is 11.9 Å². The van der Waals surface area contributed by atoms with Gasteiger partial charge in [-0.1, -0.05) is 24.3 Å². The number of carbonyl (C=O) groups excluding carboxylic acids is 2. The van der Waals surface area contributed by atoms with E-state index in [2.05, 4.69) is 18.2 Å². The summed E-state index contributed by atoms with van der Waals surface area (Å²) in [5.41, 5.74) is 0. The molecule has 8 nitrogen and oxygen atoms in total. The van der Waals surface area contributed by atoms with Crippen molar-refractivity contribution < 1.29 is 38.0 Å². The third kappa shape index (κ3) is 9.96. The fourth-order valence-electron chi connectivity index (χ4n) is 5.21. The average Bonchev–Trinajstić information content (AvgIpc) is 3.20. The van der Waals surface area contributed by atoms with Crippen LogP contribution in [0.3, 0.4) is 0 Å². The van der Waals surface area contributed by atoms with Gasteiger partial charge in [0.05, 0.1) is 19.3 Å². The van der Waals surface area contributed by atoms with Crippen LogP contribution in [0, 0.1) is 11.8 Å². The van der Waals surface area contributed by atoms with Crippen LogP contribution in [0.25, 0.3) is 0 Å². The van der Waals surface area contributed by atoms with Crippen LogP contribution < -0.4 is 0 Å². The van der Waals surface area contributed by atoms with Gasteiger partial charge in [-0.3, -0.25) is 9.59 Å². The molecule has 3 fully saturated rings. The van der Waals surface area contributed by atoms with Gasteiger partial charge in [0.25, 0.3) is 0 Å². The van der Waals surface area contributed by atoms with Gasteiger partial charge in [-0.2, -0.15) is 0 Å². The number of rotatable bonds is 13. The molecule has 0 N–H and O–H groups in total. The van der Waals surface area contributed by atoms with Gasteiger partial charge in [-0.15, -0.1) is 0 Å². The molecule has 2 unspecified atom stereocenters. The number of hydrogen-bond acceptors (Lipinski definition) is 8. The Balaban J connectivity index is 1.68. The molecule has 2 aliphatic heterocycles. The summed E-state index contributed by atoms with van der Waals surface area (Å²) in [4.78, 5) is 22.6. The molecule has 36 heavy (non-hydrogen) atoms. The summed E-state index contributed by atoms with van der Waals surface area (Å²) in [6, 6.07) is 0. The second-order valence-corrected chi connectivity index (χ2v) is 9.82. The van der Waals surface area contributed by atoms with E-state index in [0.29, 0.717) is 6.42 Å². The quantitative estimate of drug-likeness (QED) is 0.198. The molecule has 6 atom stereocenters. The summed E-state index contributed by atoms with van der Waals surface area (Å²) in [5, 5.41) is 0. The SMILES string of the molecule is COC(=O)CCCC=CC[C@@H]1[C@@H](C=CCOC(C)=O)[C@H](OC2CCCCO2)C[C@@H]1OC1CCCCO1. The predicted molar refractivity (Wildman–Crippen MR) is 134 cm³/mol. The van der Waals surface area contributed by atoms with Crippen LogP contribution in [-0.2, 0) is 38.0 Å². The van der Waals surface area contributed by atoms with Crippen LogP contribution >= 0.6 is 0 Å². The van der Waals surface area contributed by atoms with Crippen LogP contribution in [0.15, 0.2) is 24.3 Å². The molecule has 1 saturated carbocycles. The van der Waals surface area contributed by atoms with Crippen molar-refractivity contribution in [3.8, 4) is 0 Å². The van der Waals surface area contributed by atoms with Crippen LogP contribution in [-0.4, -0.2) is 63.7 Å². The first-order valence-corrected chi connectivity index (χ1v) is 13.6. The van der Waals surface area contributed by atoms with Gasteiger partial charge < -0.3 is 28.4 Å². The Hall–Kier alpha value is -1.74. The lowest BCUT2D eigenvalue weighted by atomic mass is 9.89. The molecule has 2 saturated heterocycles. The standard InChI is InChI=1S/C28H44O8/c1-21(29)32-19-11-13-23-22(12-5-3-4-6-14-26(30)31-2)24(35-27-15-7-9-17-33-27)20-25(23)36-28-16-8-10-18-34-28/h3,5,11,13,22-25,27-28H,4,6-10,12,14-20H2,1-2H3/t22-,23-,24+,25-,27?,28?/m1/s1. The maximum atomic E-state index is 11.4. The summed E-state index contributed by atoms with van der Waals surface area (Å²) < 4.78 is 34.7. The molecule has 204 valence electrons. The smallest absolute Gasteiger partial charge is 0.305 e. The van der Waals surface area contributed by atoms with Crippen molar-refractivity contribution in [2.75, 3.05) is 26.9 Å². The van der Waals surface area contributed by atoms with E-state index in [1.165, 1.54) is 14.0 Å². The number of ether oxygens (including phenoxy) is 6. The highest BCUT2D eigenvalue weighted by atomic mass is 16.7. The number of esters is 2. The Kier molecular flexibility index (Phi) is 13.0. The molecule has 1 aliphatic carbocycles. The Bertz CT molecular complexity index is 708. The number of methoxy groups -OCH3 is 1. The molecule has 0 radical (unpaired) electrons. The number of unbranched alkanes of at least 4 members (excludes halogenated alkanes) is 1. The summed E-state index contributed by atoms with van der Waals surface area (Å²) in [7, 11) is 1.42. The molecule has 0 aromatic rings.